The molecule has 0 aromatic carbocycles. The monoisotopic (exact) mass is 235 g/mol. The molecule has 0 aromatic rings. The van der Waals surface area contributed by atoms with Gasteiger partial charge in [-0.25, -0.2) is 0 Å². The molecular weight excluding hydrogens is 206 g/mol. The third-order valence-electron chi connectivity index (χ3n) is 6.09. The van der Waals surface area contributed by atoms with Gasteiger partial charge in [-0.15, -0.1) is 0 Å². The maximum atomic E-state index is 3.75. The van der Waals surface area contributed by atoms with E-state index in [-0.39, 0.29) is 0 Å². The molecule has 0 spiro atoms. The highest BCUT2D eigenvalue weighted by Gasteiger charge is 2.50. The van der Waals surface area contributed by atoms with Crippen molar-refractivity contribution in [1.82, 2.24) is 5.32 Å². The predicted octanol–water partition coefficient (Wildman–Crippen LogP) is 3.98. The number of hydrogen-bond acceptors (Lipinski definition) is 1. The van der Waals surface area contributed by atoms with Crippen molar-refractivity contribution < 1.29 is 0 Å². The molecule has 0 radical (unpaired) electrons. The average Bonchev–Trinajstić information content (AvgIpc) is 3.01. The Morgan fingerprint density at radius 1 is 1.18 bits per heavy atom. The fraction of sp³-hybridized carbons (Fsp3) is 1.00. The molecule has 0 aromatic heterocycles. The Balaban J connectivity index is 1.59. The van der Waals surface area contributed by atoms with Crippen molar-refractivity contribution in [2.75, 3.05) is 6.54 Å². The molecule has 5 atom stereocenters. The zero-order chi connectivity index (χ0) is 11.9. The zero-order valence-electron chi connectivity index (χ0n) is 11.7. The van der Waals surface area contributed by atoms with Gasteiger partial charge >= 0.3 is 0 Å². The lowest BCUT2D eigenvalue weighted by Crippen LogP contribution is -2.33. The SMILES string of the molecule is CCCNC1CCC(C)(C2CC3CCC2C3)C1. The summed E-state index contributed by atoms with van der Waals surface area (Å²) in [5, 5.41) is 3.75. The molecule has 1 heteroatoms. The summed E-state index contributed by atoms with van der Waals surface area (Å²) in [6.45, 7) is 6.10. The van der Waals surface area contributed by atoms with E-state index < -0.39 is 0 Å². The van der Waals surface area contributed by atoms with Crippen molar-refractivity contribution in [3.8, 4) is 0 Å². The van der Waals surface area contributed by atoms with Crippen LogP contribution in [0.5, 0.6) is 0 Å². The fourth-order valence-corrected chi connectivity index (χ4v) is 5.23. The highest BCUT2D eigenvalue weighted by molar-refractivity contribution is 5.01. The van der Waals surface area contributed by atoms with Gasteiger partial charge in [0.2, 0.25) is 0 Å². The summed E-state index contributed by atoms with van der Waals surface area (Å²) in [6.07, 6.45) is 11.9. The third-order valence-corrected chi connectivity index (χ3v) is 6.09. The molecule has 5 unspecified atom stereocenters. The smallest absolute Gasteiger partial charge is 0.00725 e. The maximum absolute atomic E-state index is 3.75. The summed E-state index contributed by atoms with van der Waals surface area (Å²) in [5.41, 5.74) is 0.686. The molecule has 1 N–H and O–H groups in total. The highest BCUT2D eigenvalue weighted by atomic mass is 14.9. The van der Waals surface area contributed by atoms with E-state index in [9.17, 15) is 0 Å². The van der Waals surface area contributed by atoms with Gasteiger partial charge in [-0.3, -0.25) is 0 Å². The van der Waals surface area contributed by atoms with Gasteiger partial charge in [-0.05, 0) is 74.7 Å². The second-order valence-corrected chi connectivity index (χ2v) is 7.33. The first-order valence-electron chi connectivity index (χ1n) is 7.94. The minimum Gasteiger partial charge on any atom is -0.314 e. The standard InChI is InChI=1S/C16H29N/c1-3-8-17-14-6-7-16(2,11-14)15-10-12-4-5-13(15)9-12/h12-15,17H,3-11H2,1-2H3. The van der Waals surface area contributed by atoms with Gasteiger partial charge in [0.15, 0.2) is 0 Å². The molecule has 3 fully saturated rings. The number of fused-ring (bicyclic) bond motifs is 2. The Labute approximate surface area is 107 Å². The van der Waals surface area contributed by atoms with Crippen LogP contribution in [0.3, 0.4) is 0 Å². The number of nitrogens with one attached hydrogen (secondary N) is 1. The van der Waals surface area contributed by atoms with E-state index in [1.165, 1.54) is 32.2 Å². The molecule has 0 aliphatic heterocycles. The van der Waals surface area contributed by atoms with Crippen LogP contribution in [0.15, 0.2) is 0 Å². The van der Waals surface area contributed by atoms with E-state index >= 15 is 0 Å². The molecule has 3 saturated carbocycles. The van der Waals surface area contributed by atoms with Gasteiger partial charge in [0.25, 0.3) is 0 Å². The van der Waals surface area contributed by atoms with Gasteiger partial charge in [0, 0.05) is 6.04 Å². The third kappa shape index (κ3) is 2.16. The Kier molecular flexibility index (Phi) is 3.23. The van der Waals surface area contributed by atoms with Gasteiger partial charge < -0.3 is 5.32 Å². The zero-order valence-corrected chi connectivity index (χ0v) is 11.7. The fourth-order valence-electron chi connectivity index (χ4n) is 5.23. The van der Waals surface area contributed by atoms with Crippen molar-refractivity contribution >= 4 is 0 Å². The Morgan fingerprint density at radius 2 is 2.06 bits per heavy atom. The minimum atomic E-state index is 0.686. The first-order chi connectivity index (χ1) is 8.21. The maximum Gasteiger partial charge on any atom is 0.00725 e. The van der Waals surface area contributed by atoms with Crippen molar-refractivity contribution in [2.24, 2.45) is 23.2 Å². The quantitative estimate of drug-likeness (QED) is 0.777. The largest absolute Gasteiger partial charge is 0.314 e. The van der Waals surface area contributed by atoms with Crippen LogP contribution in [0.25, 0.3) is 0 Å². The second-order valence-electron chi connectivity index (χ2n) is 7.33. The average molecular weight is 235 g/mol. The summed E-state index contributed by atoms with van der Waals surface area (Å²) < 4.78 is 0. The first-order valence-corrected chi connectivity index (χ1v) is 7.94. The van der Waals surface area contributed by atoms with E-state index in [1.54, 1.807) is 25.7 Å². The van der Waals surface area contributed by atoms with Crippen molar-refractivity contribution in [2.45, 2.75) is 71.3 Å². The van der Waals surface area contributed by atoms with Gasteiger partial charge in [-0.1, -0.05) is 20.3 Å². The van der Waals surface area contributed by atoms with Crippen LogP contribution in [-0.4, -0.2) is 12.6 Å². The van der Waals surface area contributed by atoms with Crippen LogP contribution < -0.4 is 5.32 Å². The van der Waals surface area contributed by atoms with Gasteiger partial charge in [-0.2, -0.15) is 0 Å². The number of rotatable bonds is 4. The van der Waals surface area contributed by atoms with E-state index in [0.29, 0.717) is 5.41 Å². The highest BCUT2D eigenvalue weighted by Crippen LogP contribution is 2.59. The molecule has 0 amide bonds. The van der Waals surface area contributed by atoms with Crippen LogP contribution in [0.4, 0.5) is 0 Å². The van der Waals surface area contributed by atoms with Crippen LogP contribution in [0, 0.1) is 23.2 Å². The summed E-state index contributed by atoms with van der Waals surface area (Å²) in [6, 6.07) is 0.832. The lowest BCUT2D eigenvalue weighted by molar-refractivity contribution is 0.124. The molecule has 1 nitrogen and oxygen atoms in total. The lowest BCUT2D eigenvalue weighted by atomic mass is 9.68. The summed E-state index contributed by atoms with van der Waals surface area (Å²) in [4.78, 5) is 0. The van der Waals surface area contributed by atoms with Gasteiger partial charge in [0.05, 0.1) is 0 Å². The Bertz CT molecular complexity index is 275. The lowest BCUT2D eigenvalue weighted by Gasteiger charge is -2.37. The molecule has 2 bridgehead atoms. The van der Waals surface area contributed by atoms with Crippen LogP contribution in [0.2, 0.25) is 0 Å². The topological polar surface area (TPSA) is 12.0 Å². The van der Waals surface area contributed by atoms with Crippen LogP contribution >= 0.6 is 0 Å². The molecular formula is C16H29N. The Morgan fingerprint density at radius 3 is 2.71 bits per heavy atom. The summed E-state index contributed by atoms with van der Waals surface area (Å²) in [5.74, 6) is 3.30. The van der Waals surface area contributed by atoms with E-state index in [2.05, 4.69) is 19.2 Å². The number of hydrogen-bond donors (Lipinski definition) is 1. The summed E-state index contributed by atoms with van der Waals surface area (Å²) in [7, 11) is 0. The predicted molar refractivity (Wildman–Crippen MR) is 73.0 cm³/mol. The molecule has 0 heterocycles. The van der Waals surface area contributed by atoms with Gasteiger partial charge in [0.1, 0.15) is 0 Å². The Hall–Kier alpha value is -0.0400. The molecule has 3 aliphatic rings. The first kappa shape index (κ1) is 12.0. The van der Waals surface area contributed by atoms with Crippen LogP contribution in [0.1, 0.15) is 65.2 Å². The summed E-state index contributed by atoms with van der Waals surface area (Å²) >= 11 is 0. The second kappa shape index (κ2) is 4.57. The van der Waals surface area contributed by atoms with Crippen molar-refractivity contribution in [1.29, 1.82) is 0 Å². The van der Waals surface area contributed by atoms with E-state index in [4.69, 9.17) is 0 Å². The molecule has 3 rings (SSSR count). The molecule has 98 valence electrons. The van der Waals surface area contributed by atoms with Crippen molar-refractivity contribution in [3.05, 3.63) is 0 Å². The van der Waals surface area contributed by atoms with Crippen LogP contribution in [-0.2, 0) is 0 Å². The minimum absolute atomic E-state index is 0.686. The molecule has 0 saturated heterocycles. The van der Waals surface area contributed by atoms with Crippen molar-refractivity contribution in [3.63, 3.8) is 0 Å². The molecule has 3 aliphatic carbocycles. The van der Waals surface area contributed by atoms with E-state index in [1.807, 2.05) is 0 Å². The molecule has 17 heavy (non-hydrogen) atoms. The van der Waals surface area contributed by atoms with E-state index in [0.717, 1.165) is 23.8 Å². The normalized spacial score (nSPS) is 49.1.